The van der Waals surface area contributed by atoms with E-state index < -0.39 is 0 Å². The predicted octanol–water partition coefficient (Wildman–Crippen LogP) is 4.18. The molecule has 2 heteroatoms. The van der Waals surface area contributed by atoms with Gasteiger partial charge in [-0.25, -0.2) is 0 Å². The molecule has 1 unspecified atom stereocenters. The monoisotopic (exact) mass is 259 g/mol. The number of aryl methyl sites for hydroxylation is 3. The lowest BCUT2D eigenvalue weighted by atomic mass is 10.0. The van der Waals surface area contributed by atoms with Crippen LogP contribution in [0, 0.1) is 20.8 Å². The molecule has 2 aromatic rings. The fourth-order valence-electron chi connectivity index (χ4n) is 2.19. The molecule has 0 amide bonds. The third-order valence-electron chi connectivity index (χ3n) is 3.40. The summed E-state index contributed by atoms with van der Waals surface area (Å²) in [7, 11) is 2.05. The highest BCUT2D eigenvalue weighted by Crippen LogP contribution is 2.28. The molecule has 18 heavy (non-hydrogen) atoms. The molecule has 1 aromatic carbocycles. The highest BCUT2D eigenvalue weighted by Gasteiger charge is 2.13. The first-order valence-electron chi connectivity index (χ1n) is 6.40. The fourth-order valence-corrected chi connectivity index (χ4v) is 3.35. The maximum atomic E-state index is 3.44. The first-order chi connectivity index (χ1) is 8.60. The number of benzene rings is 1. The van der Waals surface area contributed by atoms with Gasteiger partial charge >= 0.3 is 0 Å². The molecule has 0 saturated carbocycles. The maximum absolute atomic E-state index is 3.44. The minimum Gasteiger partial charge on any atom is -0.312 e. The molecular weight excluding hydrogens is 238 g/mol. The molecule has 0 aliphatic rings. The Kier molecular flexibility index (Phi) is 4.20. The summed E-state index contributed by atoms with van der Waals surface area (Å²) >= 11 is 1.91. The van der Waals surface area contributed by atoms with E-state index in [1.54, 1.807) is 0 Å². The smallest absolute Gasteiger partial charge is 0.0453 e. The van der Waals surface area contributed by atoms with Gasteiger partial charge in [0.25, 0.3) is 0 Å². The molecule has 2 rings (SSSR count). The Bertz CT molecular complexity index is 508. The third kappa shape index (κ3) is 3.01. The molecule has 0 bridgehead atoms. The summed E-state index contributed by atoms with van der Waals surface area (Å²) in [4.78, 5) is 2.86. The van der Waals surface area contributed by atoms with Gasteiger partial charge in [-0.2, -0.15) is 0 Å². The van der Waals surface area contributed by atoms with Crippen LogP contribution in [0.4, 0.5) is 0 Å². The number of thiophene rings is 1. The van der Waals surface area contributed by atoms with E-state index in [-0.39, 0.29) is 0 Å². The Hall–Kier alpha value is -1.12. The van der Waals surface area contributed by atoms with Gasteiger partial charge in [-0.05, 0) is 51.4 Å². The van der Waals surface area contributed by atoms with Gasteiger partial charge in [-0.3, -0.25) is 0 Å². The van der Waals surface area contributed by atoms with E-state index in [1.807, 2.05) is 18.4 Å². The van der Waals surface area contributed by atoms with Crippen LogP contribution in [-0.4, -0.2) is 7.05 Å². The highest BCUT2D eigenvalue weighted by molar-refractivity contribution is 7.12. The predicted molar refractivity (Wildman–Crippen MR) is 80.5 cm³/mol. The molecule has 0 spiro atoms. The molecule has 0 fully saturated rings. The summed E-state index contributed by atoms with van der Waals surface area (Å²) in [5.74, 6) is 0. The van der Waals surface area contributed by atoms with E-state index >= 15 is 0 Å². The van der Waals surface area contributed by atoms with Crippen LogP contribution >= 0.6 is 11.3 Å². The quantitative estimate of drug-likeness (QED) is 0.868. The average molecular weight is 259 g/mol. The summed E-state index contributed by atoms with van der Waals surface area (Å²) in [6.07, 6.45) is 1.05. The highest BCUT2D eigenvalue weighted by atomic mass is 32.1. The molecule has 1 nitrogen and oxygen atoms in total. The van der Waals surface area contributed by atoms with Crippen molar-refractivity contribution in [1.29, 1.82) is 0 Å². The van der Waals surface area contributed by atoms with E-state index in [0.717, 1.165) is 6.42 Å². The van der Waals surface area contributed by atoms with Crippen LogP contribution < -0.4 is 5.32 Å². The number of hydrogen-bond donors (Lipinski definition) is 1. The first kappa shape index (κ1) is 13.3. The van der Waals surface area contributed by atoms with Crippen molar-refractivity contribution in [3.63, 3.8) is 0 Å². The topological polar surface area (TPSA) is 12.0 Å². The summed E-state index contributed by atoms with van der Waals surface area (Å²) < 4.78 is 0. The van der Waals surface area contributed by atoms with Crippen LogP contribution in [0.25, 0.3) is 0 Å². The van der Waals surface area contributed by atoms with E-state index in [4.69, 9.17) is 0 Å². The number of rotatable bonds is 4. The normalized spacial score (nSPS) is 12.7. The van der Waals surface area contributed by atoms with Crippen molar-refractivity contribution < 1.29 is 0 Å². The molecule has 0 saturated heterocycles. The minimum absolute atomic E-state index is 0.421. The lowest BCUT2D eigenvalue weighted by Gasteiger charge is -2.15. The molecule has 0 radical (unpaired) electrons. The van der Waals surface area contributed by atoms with Crippen molar-refractivity contribution in [3.8, 4) is 0 Å². The lowest BCUT2D eigenvalue weighted by molar-refractivity contribution is 0.602. The lowest BCUT2D eigenvalue weighted by Crippen LogP contribution is -2.17. The zero-order chi connectivity index (χ0) is 13.1. The Morgan fingerprint density at radius 3 is 2.50 bits per heavy atom. The van der Waals surface area contributed by atoms with Crippen LogP contribution in [0.5, 0.6) is 0 Å². The van der Waals surface area contributed by atoms with Crippen molar-refractivity contribution >= 4 is 11.3 Å². The van der Waals surface area contributed by atoms with Crippen LogP contribution in [0.1, 0.15) is 32.5 Å². The first-order valence-corrected chi connectivity index (χ1v) is 7.21. The van der Waals surface area contributed by atoms with Crippen molar-refractivity contribution in [2.24, 2.45) is 0 Å². The van der Waals surface area contributed by atoms with Crippen LogP contribution in [-0.2, 0) is 6.42 Å². The fraction of sp³-hybridized carbons (Fsp3) is 0.375. The van der Waals surface area contributed by atoms with Crippen molar-refractivity contribution in [1.82, 2.24) is 5.32 Å². The molecule has 1 heterocycles. The Labute approximate surface area is 114 Å². The van der Waals surface area contributed by atoms with Gasteiger partial charge in [0.2, 0.25) is 0 Å². The Morgan fingerprint density at radius 1 is 1.17 bits per heavy atom. The summed E-state index contributed by atoms with van der Waals surface area (Å²) in [5.41, 5.74) is 4.14. The standard InChI is InChI=1S/C16H21NS/c1-11-6-5-7-14(8-11)10-15(17-4)16-9-12(2)13(3)18-16/h5-9,15,17H,10H2,1-4H3. The summed E-state index contributed by atoms with van der Waals surface area (Å²) in [6, 6.07) is 11.5. The average Bonchev–Trinajstić information content (AvgIpc) is 2.66. The second-order valence-corrected chi connectivity index (χ2v) is 6.21. The van der Waals surface area contributed by atoms with Gasteiger partial charge in [-0.1, -0.05) is 29.8 Å². The number of likely N-dealkylation sites (N-methyl/N-ethyl adjacent to an activating group) is 1. The van der Waals surface area contributed by atoms with Gasteiger partial charge in [0, 0.05) is 15.8 Å². The van der Waals surface area contributed by atoms with Crippen molar-refractivity contribution in [3.05, 3.63) is 56.8 Å². The second kappa shape index (κ2) is 5.68. The van der Waals surface area contributed by atoms with E-state index in [1.165, 1.54) is 26.4 Å². The van der Waals surface area contributed by atoms with E-state index in [0.29, 0.717) is 6.04 Å². The zero-order valence-electron chi connectivity index (χ0n) is 11.6. The van der Waals surface area contributed by atoms with Gasteiger partial charge in [0.05, 0.1) is 0 Å². The minimum atomic E-state index is 0.421. The van der Waals surface area contributed by atoms with Gasteiger partial charge < -0.3 is 5.32 Å². The number of hydrogen-bond acceptors (Lipinski definition) is 2. The van der Waals surface area contributed by atoms with E-state index in [2.05, 4.69) is 56.4 Å². The molecule has 96 valence electrons. The van der Waals surface area contributed by atoms with Crippen LogP contribution in [0.2, 0.25) is 0 Å². The third-order valence-corrected chi connectivity index (χ3v) is 4.67. The van der Waals surface area contributed by atoms with E-state index in [9.17, 15) is 0 Å². The van der Waals surface area contributed by atoms with Crippen molar-refractivity contribution in [2.75, 3.05) is 7.05 Å². The second-order valence-electron chi connectivity index (χ2n) is 4.92. The van der Waals surface area contributed by atoms with Gasteiger partial charge in [0.15, 0.2) is 0 Å². The van der Waals surface area contributed by atoms with Crippen molar-refractivity contribution in [2.45, 2.75) is 33.2 Å². The molecular formula is C16H21NS. The number of nitrogens with one attached hydrogen (secondary N) is 1. The van der Waals surface area contributed by atoms with Crippen LogP contribution in [0.3, 0.4) is 0 Å². The SMILES string of the molecule is CNC(Cc1cccc(C)c1)c1cc(C)c(C)s1. The molecule has 0 aliphatic carbocycles. The Morgan fingerprint density at radius 2 is 1.94 bits per heavy atom. The molecule has 1 atom stereocenters. The summed E-state index contributed by atoms with van der Waals surface area (Å²) in [6.45, 7) is 6.54. The largest absolute Gasteiger partial charge is 0.312 e. The Balaban J connectivity index is 2.19. The van der Waals surface area contributed by atoms with Gasteiger partial charge in [-0.15, -0.1) is 11.3 Å². The van der Waals surface area contributed by atoms with Gasteiger partial charge in [0.1, 0.15) is 0 Å². The molecule has 1 N–H and O–H groups in total. The zero-order valence-corrected chi connectivity index (χ0v) is 12.4. The summed E-state index contributed by atoms with van der Waals surface area (Å²) in [5, 5.41) is 3.44. The molecule has 0 aliphatic heterocycles. The molecule has 1 aromatic heterocycles. The maximum Gasteiger partial charge on any atom is 0.0453 e. The van der Waals surface area contributed by atoms with Crippen LogP contribution in [0.15, 0.2) is 30.3 Å².